The van der Waals surface area contributed by atoms with Gasteiger partial charge in [0.05, 0.1) is 0 Å². The minimum absolute atomic E-state index is 0.447. The van der Waals surface area contributed by atoms with Crippen molar-refractivity contribution in [2.24, 2.45) is 0 Å². The molecule has 0 aliphatic heterocycles. The molecule has 0 amide bonds. The zero-order valence-electron chi connectivity index (χ0n) is 9.67. The average Bonchev–Trinajstić information content (AvgIpc) is 2.40. The van der Waals surface area contributed by atoms with Gasteiger partial charge in [-0.2, -0.15) is 5.26 Å². The molecule has 0 spiro atoms. The third kappa shape index (κ3) is 2.82. The Bertz CT molecular complexity index is 529. The van der Waals surface area contributed by atoms with E-state index in [4.69, 9.17) is 5.26 Å². The van der Waals surface area contributed by atoms with E-state index in [0.717, 1.165) is 12.4 Å². The molecular formula is C14H13N3. The van der Waals surface area contributed by atoms with E-state index in [1.54, 1.807) is 6.07 Å². The van der Waals surface area contributed by atoms with Crippen LogP contribution in [0.1, 0.15) is 11.3 Å². The second-order valence-corrected chi connectivity index (χ2v) is 3.83. The van der Waals surface area contributed by atoms with Crippen LogP contribution in [0.15, 0.2) is 48.5 Å². The number of benzene rings is 1. The number of pyridine rings is 1. The van der Waals surface area contributed by atoms with E-state index in [1.165, 1.54) is 5.56 Å². The third-order valence-electron chi connectivity index (χ3n) is 2.50. The monoisotopic (exact) mass is 223 g/mol. The van der Waals surface area contributed by atoms with Gasteiger partial charge in [0.25, 0.3) is 0 Å². The van der Waals surface area contributed by atoms with Crippen molar-refractivity contribution in [1.82, 2.24) is 4.98 Å². The van der Waals surface area contributed by atoms with Crippen LogP contribution in [0.2, 0.25) is 0 Å². The fourth-order valence-corrected chi connectivity index (χ4v) is 1.64. The van der Waals surface area contributed by atoms with Gasteiger partial charge in [0.2, 0.25) is 0 Å². The van der Waals surface area contributed by atoms with Crippen molar-refractivity contribution in [3.05, 3.63) is 59.8 Å². The van der Waals surface area contributed by atoms with Crippen molar-refractivity contribution in [2.75, 3.05) is 11.9 Å². The number of rotatable bonds is 3. The molecule has 0 saturated heterocycles. The smallest absolute Gasteiger partial charge is 0.142 e. The number of hydrogen-bond acceptors (Lipinski definition) is 3. The minimum Gasteiger partial charge on any atom is -0.355 e. The fourth-order valence-electron chi connectivity index (χ4n) is 1.64. The molecule has 2 aromatic rings. The second kappa shape index (κ2) is 5.13. The first-order valence-electron chi connectivity index (χ1n) is 5.42. The van der Waals surface area contributed by atoms with Gasteiger partial charge in [-0.05, 0) is 17.7 Å². The lowest BCUT2D eigenvalue weighted by molar-refractivity contribution is 0.896. The van der Waals surface area contributed by atoms with Gasteiger partial charge < -0.3 is 4.90 Å². The quantitative estimate of drug-likeness (QED) is 0.803. The van der Waals surface area contributed by atoms with Gasteiger partial charge >= 0.3 is 0 Å². The summed E-state index contributed by atoms with van der Waals surface area (Å²) in [5.41, 5.74) is 1.67. The second-order valence-electron chi connectivity index (χ2n) is 3.83. The van der Waals surface area contributed by atoms with Gasteiger partial charge in [0.1, 0.15) is 17.6 Å². The Kier molecular flexibility index (Phi) is 3.37. The van der Waals surface area contributed by atoms with E-state index < -0.39 is 0 Å². The Morgan fingerprint density at radius 3 is 2.59 bits per heavy atom. The lowest BCUT2D eigenvalue weighted by Gasteiger charge is -2.18. The first kappa shape index (κ1) is 11.2. The van der Waals surface area contributed by atoms with Crippen LogP contribution in [0, 0.1) is 11.3 Å². The van der Waals surface area contributed by atoms with Crippen molar-refractivity contribution >= 4 is 5.82 Å². The topological polar surface area (TPSA) is 39.9 Å². The predicted octanol–water partition coefficient (Wildman–Crippen LogP) is 2.59. The summed E-state index contributed by atoms with van der Waals surface area (Å²) >= 11 is 0. The van der Waals surface area contributed by atoms with E-state index in [9.17, 15) is 0 Å². The molecule has 3 nitrogen and oxygen atoms in total. The highest BCUT2D eigenvalue weighted by Gasteiger charge is 2.03. The molecule has 17 heavy (non-hydrogen) atoms. The molecule has 0 radical (unpaired) electrons. The molecule has 0 bridgehead atoms. The van der Waals surface area contributed by atoms with Gasteiger partial charge in [-0.1, -0.05) is 36.4 Å². The molecule has 84 valence electrons. The van der Waals surface area contributed by atoms with Gasteiger partial charge in [-0.3, -0.25) is 0 Å². The molecule has 1 aromatic heterocycles. The van der Waals surface area contributed by atoms with Crippen LogP contribution in [0.5, 0.6) is 0 Å². The molecule has 0 saturated carbocycles. The van der Waals surface area contributed by atoms with Gasteiger partial charge in [0, 0.05) is 13.6 Å². The van der Waals surface area contributed by atoms with Crippen LogP contribution in [-0.4, -0.2) is 12.0 Å². The minimum atomic E-state index is 0.447. The molecule has 0 fully saturated rings. The standard InChI is InChI=1S/C14H13N3/c1-17(11-12-6-3-2-4-7-12)14-9-5-8-13(10-15)16-14/h2-9H,11H2,1H3. The molecule has 0 aliphatic rings. The highest BCUT2D eigenvalue weighted by Crippen LogP contribution is 2.12. The van der Waals surface area contributed by atoms with Crippen molar-refractivity contribution in [3.63, 3.8) is 0 Å². The highest BCUT2D eigenvalue weighted by atomic mass is 15.2. The Balaban J connectivity index is 2.15. The first-order chi connectivity index (χ1) is 8.29. The molecule has 0 unspecified atom stereocenters. The van der Waals surface area contributed by atoms with E-state index in [0.29, 0.717) is 5.69 Å². The lowest BCUT2D eigenvalue weighted by atomic mass is 10.2. The summed E-state index contributed by atoms with van der Waals surface area (Å²) in [4.78, 5) is 6.28. The molecule has 0 atom stereocenters. The molecule has 2 rings (SSSR count). The van der Waals surface area contributed by atoms with Crippen molar-refractivity contribution in [1.29, 1.82) is 5.26 Å². The Labute approximate surface area is 101 Å². The summed E-state index contributed by atoms with van der Waals surface area (Å²) in [6.07, 6.45) is 0. The van der Waals surface area contributed by atoms with E-state index in [-0.39, 0.29) is 0 Å². The summed E-state index contributed by atoms with van der Waals surface area (Å²) in [6, 6.07) is 17.7. The summed E-state index contributed by atoms with van der Waals surface area (Å²) in [5.74, 6) is 0.813. The fraction of sp³-hybridized carbons (Fsp3) is 0.143. The van der Waals surface area contributed by atoms with Crippen LogP contribution >= 0.6 is 0 Å². The van der Waals surface area contributed by atoms with Crippen LogP contribution in [0.25, 0.3) is 0 Å². The van der Waals surface area contributed by atoms with Crippen LogP contribution < -0.4 is 4.90 Å². The number of nitriles is 1. The summed E-state index contributed by atoms with van der Waals surface area (Å²) < 4.78 is 0. The molecule has 1 heterocycles. The molecule has 3 heteroatoms. The highest BCUT2D eigenvalue weighted by molar-refractivity contribution is 5.41. The number of anilines is 1. The van der Waals surface area contributed by atoms with Crippen LogP contribution in [0.3, 0.4) is 0 Å². The number of nitrogens with zero attached hydrogens (tertiary/aromatic N) is 3. The predicted molar refractivity (Wildman–Crippen MR) is 67.5 cm³/mol. The van der Waals surface area contributed by atoms with Gasteiger partial charge in [-0.25, -0.2) is 4.98 Å². The van der Waals surface area contributed by atoms with Crippen molar-refractivity contribution in [2.45, 2.75) is 6.54 Å². The summed E-state index contributed by atoms with van der Waals surface area (Å²) in [5, 5.41) is 8.80. The average molecular weight is 223 g/mol. The van der Waals surface area contributed by atoms with E-state index >= 15 is 0 Å². The third-order valence-corrected chi connectivity index (χ3v) is 2.50. The maximum absolute atomic E-state index is 8.80. The molecular weight excluding hydrogens is 210 g/mol. The van der Waals surface area contributed by atoms with Crippen LogP contribution in [-0.2, 0) is 6.54 Å². The molecule has 1 aromatic carbocycles. The Morgan fingerprint density at radius 1 is 1.12 bits per heavy atom. The zero-order chi connectivity index (χ0) is 12.1. The van der Waals surface area contributed by atoms with E-state index in [2.05, 4.69) is 17.1 Å². The zero-order valence-corrected chi connectivity index (χ0v) is 9.67. The van der Waals surface area contributed by atoms with Gasteiger partial charge in [-0.15, -0.1) is 0 Å². The maximum atomic E-state index is 8.80. The van der Waals surface area contributed by atoms with E-state index in [1.807, 2.05) is 48.3 Å². The largest absolute Gasteiger partial charge is 0.355 e. The van der Waals surface area contributed by atoms with Crippen molar-refractivity contribution in [3.8, 4) is 6.07 Å². The molecule has 0 aliphatic carbocycles. The molecule has 0 N–H and O–H groups in total. The van der Waals surface area contributed by atoms with Gasteiger partial charge in [0.15, 0.2) is 0 Å². The lowest BCUT2D eigenvalue weighted by Crippen LogP contribution is -2.17. The number of aromatic nitrogens is 1. The Morgan fingerprint density at radius 2 is 1.88 bits per heavy atom. The maximum Gasteiger partial charge on any atom is 0.142 e. The van der Waals surface area contributed by atoms with Crippen molar-refractivity contribution < 1.29 is 0 Å². The van der Waals surface area contributed by atoms with Crippen LogP contribution in [0.4, 0.5) is 5.82 Å². The normalized spacial score (nSPS) is 9.65. The SMILES string of the molecule is CN(Cc1ccccc1)c1cccc(C#N)n1. The summed E-state index contributed by atoms with van der Waals surface area (Å²) in [6.45, 7) is 0.780. The Hall–Kier alpha value is -2.34. The first-order valence-corrected chi connectivity index (χ1v) is 5.42. The number of hydrogen-bond donors (Lipinski definition) is 0. The summed E-state index contributed by atoms with van der Waals surface area (Å²) in [7, 11) is 1.97.